The molecule has 0 aliphatic carbocycles. The molecule has 0 aliphatic heterocycles. The maximum Gasteiger partial charge on any atom is 0.305 e. The maximum absolute atomic E-state index is 11.6. The number of H-pyrrole nitrogens is 1. The summed E-state index contributed by atoms with van der Waals surface area (Å²) in [6, 6.07) is 0. The Labute approximate surface area is 86.1 Å². The molecule has 0 fully saturated rings. The molecule has 1 rings (SSSR count). The molecule has 0 saturated carbocycles. The molecular weight excluding hydrogens is 200 g/mol. The molecule has 0 atom stereocenters. The Morgan fingerprint density at radius 1 is 1.60 bits per heavy atom. The molecule has 15 heavy (non-hydrogen) atoms. The first kappa shape index (κ1) is 11.2. The van der Waals surface area contributed by atoms with Crippen LogP contribution in [0, 0.1) is 0 Å². The van der Waals surface area contributed by atoms with E-state index in [4.69, 9.17) is 5.11 Å². The molecule has 7 nitrogen and oxygen atoms in total. The van der Waals surface area contributed by atoms with Crippen LogP contribution in [0.1, 0.15) is 24.0 Å². The van der Waals surface area contributed by atoms with Crippen LogP contribution >= 0.6 is 0 Å². The van der Waals surface area contributed by atoms with Gasteiger partial charge >= 0.3 is 5.97 Å². The molecule has 2 N–H and O–H groups in total. The van der Waals surface area contributed by atoms with E-state index in [1.54, 1.807) is 6.92 Å². The van der Waals surface area contributed by atoms with Gasteiger partial charge in [-0.3, -0.25) is 14.7 Å². The lowest BCUT2D eigenvalue weighted by atomic mass is 10.3. The molecule has 1 aromatic heterocycles. The van der Waals surface area contributed by atoms with E-state index in [0.717, 1.165) is 0 Å². The lowest BCUT2D eigenvalue weighted by Crippen LogP contribution is -2.33. The summed E-state index contributed by atoms with van der Waals surface area (Å²) in [5, 5.41) is 14.5. The van der Waals surface area contributed by atoms with Crippen LogP contribution in [0.2, 0.25) is 0 Å². The zero-order chi connectivity index (χ0) is 11.3. The minimum Gasteiger partial charge on any atom is -0.481 e. The van der Waals surface area contributed by atoms with Crippen molar-refractivity contribution in [3.63, 3.8) is 0 Å². The van der Waals surface area contributed by atoms with E-state index in [-0.39, 0.29) is 24.7 Å². The van der Waals surface area contributed by atoms with Crippen LogP contribution in [-0.4, -0.2) is 50.2 Å². The average molecular weight is 212 g/mol. The fraction of sp³-hybridized carbons (Fsp3) is 0.500. The number of carboxylic acid groups (broad SMARTS) is 1. The molecule has 1 heterocycles. The average Bonchev–Trinajstić information content (AvgIpc) is 2.70. The highest BCUT2D eigenvalue weighted by atomic mass is 16.4. The first-order valence-electron chi connectivity index (χ1n) is 4.51. The van der Waals surface area contributed by atoms with E-state index in [9.17, 15) is 9.59 Å². The van der Waals surface area contributed by atoms with Crippen molar-refractivity contribution in [2.45, 2.75) is 13.3 Å². The van der Waals surface area contributed by atoms with Gasteiger partial charge in [0.25, 0.3) is 5.91 Å². The number of aromatic nitrogens is 3. The number of amides is 1. The van der Waals surface area contributed by atoms with Gasteiger partial charge in [0.05, 0.1) is 6.42 Å². The molecule has 0 spiro atoms. The van der Waals surface area contributed by atoms with Crippen molar-refractivity contribution < 1.29 is 14.7 Å². The van der Waals surface area contributed by atoms with Crippen LogP contribution in [0.25, 0.3) is 0 Å². The fourth-order valence-corrected chi connectivity index (χ4v) is 1.09. The number of carbonyl (C=O) groups is 2. The van der Waals surface area contributed by atoms with Gasteiger partial charge in [-0.25, -0.2) is 4.98 Å². The SMILES string of the molecule is CCN(CCC(=O)O)C(=O)c1ncn[nH]1. The molecule has 0 radical (unpaired) electrons. The van der Waals surface area contributed by atoms with E-state index < -0.39 is 5.97 Å². The van der Waals surface area contributed by atoms with Crippen molar-refractivity contribution in [2.24, 2.45) is 0 Å². The summed E-state index contributed by atoms with van der Waals surface area (Å²) < 4.78 is 0. The third kappa shape index (κ3) is 3.04. The van der Waals surface area contributed by atoms with Gasteiger partial charge in [0.2, 0.25) is 5.82 Å². The lowest BCUT2D eigenvalue weighted by Gasteiger charge is -2.17. The predicted molar refractivity (Wildman–Crippen MR) is 50.2 cm³/mol. The number of nitrogens with one attached hydrogen (secondary N) is 1. The highest BCUT2D eigenvalue weighted by Gasteiger charge is 2.17. The first-order valence-corrected chi connectivity index (χ1v) is 4.51. The Morgan fingerprint density at radius 3 is 2.80 bits per heavy atom. The molecule has 0 aromatic carbocycles. The van der Waals surface area contributed by atoms with Crippen LogP contribution in [0.4, 0.5) is 0 Å². The van der Waals surface area contributed by atoms with Crippen LogP contribution < -0.4 is 0 Å². The molecule has 7 heteroatoms. The second kappa shape index (κ2) is 5.08. The number of nitrogens with zero attached hydrogens (tertiary/aromatic N) is 3. The van der Waals surface area contributed by atoms with Gasteiger partial charge < -0.3 is 10.0 Å². The summed E-state index contributed by atoms with van der Waals surface area (Å²) >= 11 is 0. The van der Waals surface area contributed by atoms with Crippen molar-refractivity contribution >= 4 is 11.9 Å². The highest BCUT2D eigenvalue weighted by molar-refractivity contribution is 5.90. The highest BCUT2D eigenvalue weighted by Crippen LogP contribution is 1.99. The zero-order valence-corrected chi connectivity index (χ0v) is 8.30. The molecular formula is C8H12N4O3. The molecule has 0 unspecified atom stereocenters. The van der Waals surface area contributed by atoms with Crippen molar-refractivity contribution in [1.29, 1.82) is 0 Å². The van der Waals surface area contributed by atoms with Gasteiger partial charge in [0.15, 0.2) is 0 Å². The molecule has 0 bridgehead atoms. The Morgan fingerprint density at radius 2 is 2.33 bits per heavy atom. The summed E-state index contributed by atoms with van der Waals surface area (Å²) in [6.07, 6.45) is 1.16. The van der Waals surface area contributed by atoms with Gasteiger partial charge in [-0.2, -0.15) is 5.10 Å². The van der Waals surface area contributed by atoms with Crippen molar-refractivity contribution in [3.8, 4) is 0 Å². The fourth-order valence-electron chi connectivity index (χ4n) is 1.09. The van der Waals surface area contributed by atoms with E-state index in [0.29, 0.717) is 6.54 Å². The van der Waals surface area contributed by atoms with Gasteiger partial charge in [0, 0.05) is 13.1 Å². The molecule has 82 valence electrons. The number of rotatable bonds is 5. The Bertz CT molecular complexity index is 336. The van der Waals surface area contributed by atoms with Crippen molar-refractivity contribution in [3.05, 3.63) is 12.2 Å². The Balaban J connectivity index is 2.59. The first-order chi connectivity index (χ1) is 7.15. The van der Waals surface area contributed by atoms with Gasteiger partial charge in [-0.1, -0.05) is 0 Å². The smallest absolute Gasteiger partial charge is 0.305 e. The number of carbonyl (C=O) groups excluding carboxylic acids is 1. The van der Waals surface area contributed by atoms with E-state index in [1.165, 1.54) is 11.2 Å². The Kier molecular flexibility index (Phi) is 3.78. The van der Waals surface area contributed by atoms with E-state index in [2.05, 4.69) is 15.2 Å². The number of aliphatic carboxylic acids is 1. The summed E-state index contributed by atoms with van der Waals surface area (Å²) in [5.74, 6) is -1.14. The number of hydrogen-bond donors (Lipinski definition) is 2. The van der Waals surface area contributed by atoms with Crippen LogP contribution in [-0.2, 0) is 4.79 Å². The third-order valence-electron chi connectivity index (χ3n) is 1.88. The van der Waals surface area contributed by atoms with Gasteiger partial charge in [-0.15, -0.1) is 0 Å². The summed E-state index contributed by atoms with van der Waals surface area (Å²) in [7, 11) is 0. The monoisotopic (exact) mass is 212 g/mol. The number of hydrogen-bond acceptors (Lipinski definition) is 4. The molecule has 0 aliphatic rings. The van der Waals surface area contributed by atoms with Crippen LogP contribution in [0.5, 0.6) is 0 Å². The number of carboxylic acids is 1. The van der Waals surface area contributed by atoms with E-state index >= 15 is 0 Å². The standard InChI is InChI=1S/C8H12N4O3/c1-2-12(4-3-6(13)14)8(15)7-9-5-10-11-7/h5H,2-4H2,1H3,(H,13,14)(H,9,10,11). The summed E-state index contributed by atoms with van der Waals surface area (Å²) in [5.41, 5.74) is 0. The van der Waals surface area contributed by atoms with Crippen molar-refractivity contribution in [2.75, 3.05) is 13.1 Å². The molecule has 1 aromatic rings. The van der Waals surface area contributed by atoms with E-state index in [1.807, 2.05) is 0 Å². The second-order valence-corrected chi connectivity index (χ2v) is 2.86. The lowest BCUT2D eigenvalue weighted by molar-refractivity contribution is -0.137. The quantitative estimate of drug-likeness (QED) is 0.700. The van der Waals surface area contributed by atoms with Gasteiger partial charge in [0.1, 0.15) is 6.33 Å². The largest absolute Gasteiger partial charge is 0.481 e. The number of aromatic amines is 1. The topological polar surface area (TPSA) is 99.2 Å². The minimum absolute atomic E-state index is 0.0757. The second-order valence-electron chi connectivity index (χ2n) is 2.86. The predicted octanol–water partition coefficient (Wildman–Crippen LogP) is -0.259. The van der Waals surface area contributed by atoms with Crippen LogP contribution in [0.3, 0.4) is 0 Å². The zero-order valence-electron chi connectivity index (χ0n) is 8.30. The summed E-state index contributed by atoms with van der Waals surface area (Å²) in [4.78, 5) is 27.1. The Hall–Kier alpha value is -1.92. The summed E-state index contributed by atoms with van der Waals surface area (Å²) in [6.45, 7) is 2.38. The molecule has 0 saturated heterocycles. The molecule has 1 amide bonds. The van der Waals surface area contributed by atoms with Crippen LogP contribution in [0.15, 0.2) is 6.33 Å². The van der Waals surface area contributed by atoms with Gasteiger partial charge in [-0.05, 0) is 6.92 Å². The van der Waals surface area contributed by atoms with Crippen molar-refractivity contribution in [1.82, 2.24) is 20.1 Å². The normalized spacial score (nSPS) is 9.93. The third-order valence-corrected chi connectivity index (χ3v) is 1.88. The maximum atomic E-state index is 11.6. The minimum atomic E-state index is -0.932.